The quantitative estimate of drug-likeness (QED) is 0.839. The molecule has 0 bridgehead atoms. The third-order valence-electron chi connectivity index (χ3n) is 4.20. The highest BCUT2D eigenvalue weighted by Gasteiger charge is 2.29. The first kappa shape index (κ1) is 18.5. The highest BCUT2D eigenvalue weighted by atomic mass is 35.5. The minimum absolute atomic E-state index is 0. The molecule has 2 N–H and O–H groups in total. The molecule has 1 amide bonds. The summed E-state index contributed by atoms with van der Waals surface area (Å²) in [4.78, 5) is 14.5. The molecule has 2 atom stereocenters. The summed E-state index contributed by atoms with van der Waals surface area (Å²) in [6.45, 7) is 2.31. The van der Waals surface area contributed by atoms with Crippen LogP contribution in [-0.2, 0) is 11.3 Å². The van der Waals surface area contributed by atoms with Crippen LogP contribution in [0.5, 0.6) is 0 Å². The van der Waals surface area contributed by atoms with E-state index in [4.69, 9.17) is 4.42 Å². The van der Waals surface area contributed by atoms with E-state index in [1.54, 1.807) is 17.0 Å². The van der Waals surface area contributed by atoms with Crippen molar-refractivity contribution in [2.24, 2.45) is 5.92 Å². The number of nitrogens with zero attached hydrogens (tertiary/aromatic N) is 1. The molecule has 1 aliphatic heterocycles. The first-order chi connectivity index (χ1) is 11.2. The number of benzene rings is 1. The maximum atomic E-state index is 12.8. The van der Waals surface area contributed by atoms with Crippen LogP contribution in [0.2, 0.25) is 0 Å². The zero-order chi connectivity index (χ0) is 16.1. The number of aliphatic hydroxyl groups excluding tert-OH is 1. The Labute approximate surface area is 148 Å². The van der Waals surface area contributed by atoms with Crippen LogP contribution in [0.4, 0.5) is 0 Å². The summed E-state index contributed by atoms with van der Waals surface area (Å²) < 4.78 is 5.25. The molecule has 2 unspecified atom stereocenters. The first-order valence-electron chi connectivity index (χ1n) is 7.99. The van der Waals surface area contributed by atoms with Crippen molar-refractivity contribution in [2.45, 2.75) is 19.1 Å². The molecule has 0 spiro atoms. The van der Waals surface area contributed by atoms with Crippen molar-refractivity contribution in [3.05, 3.63) is 60.1 Å². The van der Waals surface area contributed by atoms with Gasteiger partial charge in [0.15, 0.2) is 0 Å². The number of carbonyl (C=O) groups excluding carboxylic acids is 1. The third kappa shape index (κ3) is 4.60. The van der Waals surface area contributed by atoms with Crippen LogP contribution in [0.1, 0.15) is 23.8 Å². The molecule has 6 heteroatoms. The number of furan rings is 1. The Balaban J connectivity index is 0.00000208. The van der Waals surface area contributed by atoms with Crippen molar-refractivity contribution in [3.63, 3.8) is 0 Å². The van der Waals surface area contributed by atoms with Crippen molar-refractivity contribution >= 4 is 18.3 Å². The Bertz CT molecular complexity index is 612. The maximum absolute atomic E-state index is 12.8. The van der Waals surface area contributed by atoms with Gasteiger partial charge in [0.2, 0.25) is 5.91 Å². The maximum Gasteiger partial charge on any atom is 0.227 e. The third-order valence-corrected chi connectivity index (χ3v) is 4.20. The summed E-state index contributed by atoms with van der Waals surface area (Å²) in [6.07, 6.45) is 1.57. The Morgan fingerprint density at radius 3 is 2.71 bits per heavy atom. The van der Waals surface area contributed by atoms with Crippen molar-refractivity contribution in [2.75, 3.05) is 19.6 Å². The molecule has 1 aromatic carbocycles. The Morgan fingerprint density at radius 2 is 2.08 bits per heavy atom. The van der Waals surface area contributed by atoms with E-state index in [1.165, 1.54) is 6.26 Å². The average molecular weight is 351 g/mol. The van der Waals surface area contributed by atoms with Crippen LogP contribution in [0.25, 0.3) is 0 Å². The molecule has 1 fully saturated rings. The number of amides is 1. The van der Waals surface area contributed by atoms with Gasteiger partial charge >= 0.3 is 0 Å². The fourth-order valence-electron chi connectivity index (χ4n) is 2.94. The fourth-order valence-corrected chi connectivity index (χ4v) is 2.94. The molecule has 2 heterocycles. The number of rotatable bonds is 6. The van der Waals surface area contributed by atoms with Gasteiger partial charge in [0.05, 0.1) is 18.7 Å². The normalized spacial score (nSPS) is 18.0. The van der Waals surface area contributed by atoms with Gasteiger partial charge in [-0.1, -0.05) is 30.3 Å². The fraction of sp³-hybridized carbons (Fsp3) is 0.389. The topological polar surface area (TPSA) is 65.7 Å². The van der Waals surface area contributed by atoms with Gasteiger partial charge in [-0.25, -0.2) is 0 Å². The molecule has 2 aromatic rings. The lowest BCUT2D eigenvalue weighted by Gasteiger charge is -2.27. The number of hydrogen-bond acceptors (Lipinski definition) is 4. The summed E-state index contributed by atoms with van der Waals surface area (Å²) in [6, 6.07) is 13.3. The molecule has 130 valence electrons. The van der Waals surface area contributed by atoms with Crippen LogP contribution in [0, 0.1) is 5.92 Å². The monoisotopic (exact) mass is 350 g/mol. The van der Waals surface area contributed by atoms with Gasteiger partial charge in [0.1, 0.15) is 11.9 Å². The highest BCUT2D eigenvalue weighted by molar-refractivity contribution is 5.85. The summed E-state index contributed by atoms with van der Waals surface area (Å²) in [7, 11) is 0. The average Bonchev–Trinajstić information content (AvgIpc) is 3.27. The minimum atomic E-state index is -0.813. The number of halogens is 1. The van der Waals surface area contributed by atoms with Crippen molar-refractivity contribution in [1.29, 1.82) is 0 Å². The van der Waals surface area contributed by atoms with E-state index in [-0.39, 0.29) is 30.8 Å². The smallest absolute Gasteiger partial charge is 0.227 e. The number of aliphatic hydroxyl groups is 1. The first-order valence-corrected chi connectivity index (χ1v) is 7.99. The van der Waals surface area contributed by atoms with Crippen LogP contribution >= 0.6 is 12.4 Å². The Morgan fingerprint density at radius 1 is 1.29 bits per heavy atom. The zero-order valence-electron chi connectivity index (χ0n) is 13.4. The summed E-state index contributed by atoms with van der Waals surface area (Å²) in [5.74, 6) is 0.562. The molecular formula is C18H23ClN2O3. The zero-order valence-corrected chi connectivity index (χ0v) is 14.2. The summed E-state index contributed by atoms with van der Waals surface area (Å²) in [5.41, 5.74) is 1.05. The molecule has 0 radical (unpaired) electrons. The Kier molecular flexibility index (Phi) is 6.85. The molecule has 0 aliphatic carbocycles. The number of hydrogen-bond donors (Lipinski definition) is 2. The van der Waals surface area contributed by atoms with E-state index in [0.717, 1.165) is 18.5 Å². The molecule has 5 nitrogen and oxygen atoms in total. The van der Waals surface area contributed by atoms with Crippen LogP contribution < -0.4 is 5.32 Å². The van der Waals surface area contributed by atoms with Crippen molar-refractivity contribution in [1.82, 2.24) is 10.2 Å². The summed E-state index contributed by atoms with van der Waals surface area (Å²) >= 11 is 0. The number of nitrogens with one attached hydrogen (secondary N) is 1. The van der Waals surface area contributed by atoms with Gasteiger partial charge in [-0.2, -0.15) is 0 Å². The van der Waals surface area contributed by atoms with Gasteiger partial charge in [-0.15, -0.1) is 12.4 Å². The van der Waals surface area contributed by atoms with Crippen LogP contribution in [0.3, 0.4) is 0 Å². The van der Waals surface area contributed by atoms with E-state index in [0.29, 0.717) is 18.8 Å². The van der Waals surface area contributed by atoms with Crippen LogP contribution in [-0.4, -0.2) is 35.5 Å². The lowest BCUT2D eigenvalue weighted by Crippen LogP contribution is -2.39. The van der Waals surface area contributed by atoms with E-state index >= 15 is 0 Å². The highest BCUT2D eigenvalue weighted by Crippen LogP contribution is 2.20. The molecule has 1 aromatic heterocycles. The van der Waals surface area contributed by atoms with Crippen LogP contribution in [0.15, 0.2) is 53.1 Å². The Hall–Kier alpha value is -1.82. The lowest BCUT2D eigenvalue weighted by molar-refractivity contribution is -0.137. The SMILES string of the molecule is Cl.O=C(C1CCNC1)N(Cc1ccccc1)CC(O)c1ccco1. The van der Waals surface area contributed by atoms with Crippen molar-refractivity contribution < 1.29 is 14.3 Å². The molecule has 1 saturated heterocycles. The second-order valence-corrected chi connectivity index (χ2v) is 5.93. The molecular weight excluding hydrogens is 328 g/mol. The second kappa shape index (κ2) is 8.87. The van der Waals surface area contributed by atoms with Gasteiger partial charge in [0.25, 0.3) is 0 Å². The lowest BCUT2D eigenvalue weighted by atomic mass is 10.1. The van der Waals surface area contributed by atoms with Gasteiger partial charge in [0, 0.05) is 13.1 Å². The molecule has 1 aliphatic rings. The summed E-state index contributed by atoms with van der Waals surface area (Å²) in [5, 5.41) is 13.6. The van der Waals surface area contributed by atoms with Gasteiger partial charge in [-0.3, -0.25) is 4.79 Å². The standard InChI is InChI=1S/C18H22N2O3.ClH/c21-16(17-7-4-10-23-17)13-20(12-14-5-2-1-3-6-14)18(22)15-8-9-19-11-15;/h1-7,10,15-16,19,21H,8-9,11-13H2;1H. The minimum Gasteiger partial charge on any atom is -0.467 e. The van der Waals surface area contributed by atoms with Crippen molar-refractivity contribution in [3.8, 4) is 0 Å². The molecule has 3 rings (SSSR count). The van der Waals surface area contributed by atoms with Gasteiger partial charge in [-0.05, 0) is 30.7 Å². The second-order valence-electron chi connectivity index (χ2n) is 5.93. The predicted octanol–water partition coefficient (Wildman–Crippen LogP) is 2.37. The molecule has 0 saturated carbocycles. The molecule has 24 heavy (non-hydrogen) atoms. The number of carbonyl (C=O) groups is 1. The van der Waals surface area contributed by atoms with E-state index < -0.39 is 6.10 Å². The predicted molar refractivity (Wildman–Crippen MR) is 93.8 cm³/mol. The van der Waals surface area contributed by atoms with E-state index in [2.05, 4.69) is 5.32 Å². The van der Waals surface area contributed by atoms with E-state index in [1.807, 2.05) is 30.3 Å². The largest absolute Gasteiger partial charge is 0.467 e. The van der Waals surface area contributed by atoms with Gasteiger partial charge < -0.3 is 19.7 Å². The van der Waals surface area contributed by atoms with E-state index in [9.17, 15) is 9.90 Å².